The summed E-state index contributed by atoms with van der Waals surface area (Å²) in [5.74, 6) is -0.318. The van der Waals surface area contributed by atoms with Crippen molar-refractivity contribution in [2.24, 2.45) is 5.73 Å². The zero-order valence-electron chi connectivity index (χ0n) is 10.4. The van der Waals surface area contributed by atoms with Crippen LogP contribution in [0.1, 0.15) is 26.7 Å². The van der Waals surface area contributed by atoms with Crippen LogP contribution < -0.4 is 16.4 Å². The number of nitrogens with two attached hydrogens (primary N) is 1. The fourth-order valence-electron chi connectivity index (χ4n) is 1.62. The Morgan fingerprint density at radius 2 is 2.18 bits per heavy atom. The van der Waals surface area contributed by atoms with E-state index in [0.29, 0.717) is 19.6 Å². The van der Waals surface area contributed by atoms with Crippen LogP contribution >= 0.6 is 0 Å². The van der Waals surface area contributed by atoms with Gasteiger partial charge in [-0.05, 0) is 20.3 Å². The summed E-state index contributed by atoms with van der Waals surface area (Å²) in [6, 6.07) is 0.113. The molecule has 0 aromatic heterocycles. The number of carbonyl (C=O) groups excluding carboxylic acids is 2. The average Bonchev–Trinajstić information content (AvgIpc) is 2.65. The van der Waals surface area contributed by atoms with Gasteiger partial charge in [-0.3, -0.25) is 9.59 Å². The molecule has 1 saturated heterocycles. The second-order valence-electron chi connectivity index (χ2n) is 4.69. The zero-order valence-corrected chi connectivity index (χ0v) is 10.4. The first-order valence-electron chi connectivity index (χ1n) is 5.88. The molecular formula is C11H21N3O3. The smallest absolute Gasteiger partial charge is 0.242 e. The van der Waals surface area contributed by atoms with E-state index in [2.05, 4.69) is 10.6 Å². The third-order valence-corrected chi connectivity index (χ3v) is 2.59. The fourth-order valence-corrected chi connectivity index (χ4v) is 1.62. The molecule has 0 aromatic carbocycles. The molecule has 2 amide bonds. The van der Waals surface area contributed by atoms with Crippen LogP contribution in [0.3, 0.4) is 0 Å². The predicted octanol–water partition coefficient (Wildman–Crippen LogP) is -0.865. The van der Waals surface area contributed by atoms with Crippen LogP contribution in [-0.2, 0) is 14.3 Å². The van der Waals surface area contributed by atoms with E-state index in [0.717, 1.165) is 0 Å². The molecule has 1 rings (SSSR count). The Kier molecular flexibility index (Phi) is 4.89. The average molecular weight is 243 g/mol. The van der Waals surface area contributed by atoms with Gasteiger partial charge in [0.25, 0.3) is 0 Å². The molecule has 98 valence electrons. The Balaban J connectivity index is 2.22. The second-order valence-corrected chi connectivity index (χ2v) is 4.69. The van der Waals surface area contributed by atoms with E-state index in [1.54, 1.807) is 0 Å². The lowest BCUT2D eigenvalue weighted by atomic mass is 9.99. The van der Waals surface area contributed by atoms with Crippen LogP contribution in [0.25, 0.3) is 0 Å². The fraction of sp³-hybridized carbons (Fsp3) is 0.818. The Bertz CT molecular complexity index is 286. The maximum Gasteiger partial charge on any atom is 0.242 e. The molecule has 0 bridgehead atoms. The second kappa shape index (κ2) is 5.97. The van der Waals surface area contributed by atoms with Crippen molar-refractivity contribution in [3.05, 3.63) is 0 Å². The Hall–Kier alpha value is -1.14. The summed E-state index contributed by atoms with van der Waals surface area (Å²) < 4.78 is 5.10. The van der Waals surface area contributed by atoms with Gasteiger partial charge in [-0.25, -0.2) is 0 Å². The zero-order chi connectivity index (χ0) is 12.9. The molecule has 1 unspecified atom stereocenters. The van der Waals surface area contributed by atoms with Gasteiger partial charge in [0.15, 0.2) is 0 Å². The van der Waals surface area contributed by atoms with Gasteiger partial charge in [-0.1, -0.05) is 0 Å². The van der Waals surface area contributed by atoms with Gasteiger partial charge in [0, 0.05) is 25.6 Å². The van der Waals surface area contributed by atoms with Crippen molar-refractivity contribution in [2.45, 2.75) is 38.3 Å². The predicted molar refractivity (Wildman–Crippen MR) is 63.3 cm³/mol. The highest BCUT2D eigenvalue weighted by Crippen LogP contribution is 2.15. The van der Waals surface area contributed by atoms with Gasteiger partial charge in [0.05, 0.1) is 6.61 Å². The maximum atomic E-state index is 11.7. The molecule has 1 atom stereocenters. The topological polar surface area (TPSA) is 93.5 Å². The van der Waals surface area contributed by atoms with Gasteiger partial charge < -0.3 is 21.1 Å². The summed E-state index contributed by atoms with van der Waals surface area (Å²) in [6.07, 6.45) is 0.790. The van der Waals surface area contributed by atoms with Crippen molar-refractivity contribution in [2.75, 3.05) is 19.8 Å². The van der Waals surface area contributed by atoms with Crippen LogP contribution in [0.15, 0.2) is 0 Å². The molecule has 0 aliphatic carbocycles. The number of ether oxygens (including phenoxy) is 1. The Morgan fingerprint density at radius 3 is 2.71 bits per heavy atom. The highest BCUT2D eigenvalue weighted by molar-refractivity contribution is 5.87. The van der Waals surface area contributed by atoms with Gasteiger partial charge in [0.2, 0.25) is 11.8 Å². The number of rotatable bonds is 5. The van der Waals surface area contributed by atoms with E-state index in [1.165, 1.54) is 0 Å². The summed E-state index contributed by atoms with van der Waals surface area (Å²) >= 11 is 0. The molecular weight excluding hydrogens is 222 g/mol. The molecule has 6 heteroatoms. The first-order valence-corrected chi connectivity index (χ1v) is 5.88. The number of hydrogen-bond donors (Lipinski definition) is 3. The Labute approximate surface area is 101 Å². The van der Waals surface area contributed by atoms with Crippen LogP contribution in [0.4, 0.5) is 0 Å². The van der Waals surface area contributed by atoms with Crippen LogP contribution in [-0.4, -0.2) is 43.2 Å². The number of hydrogen-bond acceptors (Lipinski definition) is 4. The largest absolute Gasteiger partial charge is 0.379 e. The molecule has 0 saturated carbocycles. The first-order chi connectivity index (χ1) is 7.94. The molecule has 17 heavy (non-hydrogen) atoms. The van der Waals surface area contributed by atoms with Gasteiger partial charge in [-0.2, -0.15) is 0 Å². The van der Waals surface area contributed by atoms with Crippen molar-refractivity contribution in [3.63, 3.8) is 0 Å². The SMILES string of the molecule is CC(C)NC(=O)CCNC(=O)C1(N)CCOC1. The highest BCUT2D eigenvalue weighted by atomic mass is 16.5. The molecule has 0 aromatic rings. The number of nitrogens with one attached hydrogen (secondary N) is 2. The normalized spacial score (nSPS) is 23.8. The quantitative estimate of drug-likeness (QED) is 0.585. The first kappa shape index (κ1) is 13.9. The third kappa shape index (κ3) is 4.32. The maximum absolute atomic E-state index is 11.7. The molecule has 0 radical (unpaired) electrons. The van der Waals surface area contributed by atoms with E-state index in [1.807, 2.05) is 13.8 Å². The van der Waals surface area contributed by atoms with E-state index in [4.69, 9.17) is 10.5 Å². The van der Waals surface area contributed by atoms with E-state index >= 15 is 0 Å². The van der Waals surface area contributed by atoms with Crippen LogP contribution in [0, 0.1) is 0 Å². The van der Waals surface area contributed by atoms with Gasteiger partial charge in [0.1, 0.15) is 5.54 Å². The molecule has 1 aliphatic heterocycles. The third-order valence-electron chi connectivity index (χ3n) is 2.59. The van der Waals surface area contributed by atoms with Crippen LogP contribution in [0.5, 0.6) is 0 Å². The minimum Gasteiger partial charge on any atom is -0.379 e. The van der Waals surface area contributed by atoms with Gasteiger partial charge >= 0.3 is 0 Å². The van der Waals surface area contributed by atoms with E-state index in [-0.39, 0.29) is 30.9 Å². The van der Waals surface area contributed by atoms with Crippen molar-refractivity contribution < 1.29 is 14.3 Å². The molecule has 1 heterocycles. The molecule has 0 spiro atoms. The Morgan fingerprint density at radius 1 is 1.47 bits per heavy atom. The number of amides is 2. The highest BCUT2D eigenvalue weighted by Gasteiger charge is 2.37. The minimum absolute atomic E-state index is 0.0750. The monoisotopic (exact) mass is 243 g/mol. The lowest BCUT2D eigenvalue weighted by Gasteiger charge is -2.20. The molecule has 1 fully saturated rings. The summed E-state index contributed by atoms with van der Waals surface area (Å²) in [5.41, 5.74) is 4.94. The molecule has 6 nitrogen and oxygen atoms in total. The minimum atomic E-state index is -0.922. The summed E-state index contributed by atoms with van der Waals surface area (Å²) in [7, 11) is 0. The summed E-state index contributed by atoms with van der Waals surface area (Å²) in [5, 5.41) is 5.41. The molecule has 4 N–H and O–H groups in total. The van der Waals surface area contributed by atoms with E-state index in [9.17, 15) is 9.59 Å². The van der Waals surface area contributed by atoms with E-state index < -0.39 is 5.54 Å². The standard InChI is InChI=1S/C11H21N3O3/c1-8(2)14-9(15)3-5-13-10(16)11(12)4-6-17-7-11/h8H,3-7,12H2,1-2H3,(H,13,16)(H,14,15). The van der Waals surface area contributed by atoms with Crippen molar-refractivity contribution in [3.8, 4) is 0 Å². The van der Waals surface area contributed by atoms with Crippen molar-refractivity contribution in [1.82, 2.24) is 10.6 Å². The lowest BCUT2D eigenvalue weighted by Crippen LogP contribution is -2.54. The lowest BCUT2D eigenvalue weighted by molar-refractivity contribution is -0.126. The van der Waals surface area contributed by atoms with Gasteiger partial charge in [-0.15, -0.1) is 0 Å². The van der Waals surface area contributed by atoms with Crippen molar-refractivity contribution in [1.29, 1.82) is 0 Å². The molecule has 1 aliphatic rings. The van der Waals surface area contributed by atoms with Crippen LogP contribution in [0.2, 0.25) is 0 Å². The van der Waals surface area contributed by atoms with Crippen molar-refractivity contribution >= 4 is 11.8 Å². The summed E-state index contributed by atoms with van der Waals surface area (Å²) in [6.45, 7) is 4.84. The summed E-state index contributed by atoms with van der Waals surface area (Å²) in [4.78, 5) is 23.0. The number of carbonyl (C=O) groups is 2.